The predicted molar refractivity (Wildman–Crippen MR) is 613 cm³/mol. The van der Waals surface area contributed by atoms with Crippen LogP contribution >= 0.6 is 125 Å². The molecule has 17 aromatic rings. The van der Waals surface area contributed by atoms with Gasteiger partial charge < -0.3 is 90.1 Å². The van der Waals surface area contributed by atoms with Crippen molar-refractivity contribution in [1.82, 2.24) is 93.0 Å². The molecule has 0 bridgehead atoms. The van der Waals surface area contributed by atoms with Crippen LogP contribution in [0.4, 0.5) is 23.0 Å². The van der Waals surface area contributed by atoms with Gasteiger partial charge >= 0.3 is 36.7 Å². The van der Waals surface area contributed by atoms with E-state index < -0.39 is 41.8 Å². The van der Waals surface area contributed by atoms with Gasteiger partial charge in [0.05, 0.1) is 97.7 Å². The van der Waals surface area contributed by atoms with E-state index in [2.05, 4.69) is 152 Å². The van der Waals surface area contributed by atoms with Crippen LogP contribution in [-0.2, 0) is 57.5 Å². The number of aromatic amines is 4. The number of hydrogen-bond donors (Lipinski definition) is 9. The minimum absolute atomic E-state index is 0. The molecule has 51 heteroatoms. The molecule has 5 aromatic carbocycles. The maximum atomic E-state index is 12.7. The first-order chi connectivity index (χ1) is 69.2. The van der Waals surface area contributed by atoms with Gasteiger partial charge in [-0.2, -0.15) is 0 Å². The van der Waals surface area contributed by atoms with Gasteiger partial charge in [-0.15, -0.1) is 5.60 Å². The first kappa shape index (κ1) is 129. The average molecular weight is 2550 g/mol. The van der Waals surface area contributed by atoms with Crippen LogP contribution in [0.5, 0.6) is 0 Å². The van der Waals surface area contributed by atoms with Gasteiger partial charge in [0.15, 0.2) is 11.3 Å². The van der Waals surface area contributed by atoms with E-state index in [9.17, 15) is 30.4 Å². The summed E-state index contributed by atoms with van der Waals surface area (Å²) in [7, 11) is -7.28. The molecule has 0 saturated carbocycles. The molecule has 11 N–H and O–H groups in total. The number of morpholine rings is 3. The van der Waals surface area contributed by atoms with Crippen LogP contribution in [-0.4, -0.2) is 254 Å². The molecule has 0 aliphatic carbocycles. The first-order valence-corrected chi connectivity index (χ1v) is 54.8. The summed E-state index contributed by atoms with van der Waals surface area (Å²) < 4.78 is 107. The van der Waals surface area contributed by atoms with E-state index in [1.807, 2.05) is 59.0 Å². The number of hydrogen-bond acceptors (Lipinski definition) is 32. The Bertz CT molecular complexity index is 7130. The Morgan fingerprint density at radius 1 is 0.409 bits per heavy atom. The zero-order valence-electron chi connectivity index (χ0n) is 79.2. The van der Waals surface area contributed by atoms with Gasteiger partial charge in [0.1, 0.15) is 92.8 Å². The van der Waals surface area contributed by atoms with Gasteiger partial charge in [-0.05, 0) is 214 Å². The molecule has 6 saturated heterocycles. The van der Waals surface area contributed by atoms with Gasteiger partial charge in [0.25, 0.3) is 29.1 Å². The monoisotopic (exact) mass is 2550 g/mol. The first-order valence-electron chi connectivity index (χ1n) is 44.9. The van der Waals surface area contributed by atoms with Crippen molar-refractivity contribution >= 4 is 256 Å². The van der Waals surface area contributed by atoms with Gasteiger partial charge in [0, 0.05) is 119 Å². The minimum atomic E-state index is -3.71. The molecule has 18 heterocycles. The third-order valence-corrected chi connectivity index (χ3v) is 28.6. The second-order valence-electron chi connectivity index (χ2n) is 32.0. The summed E-state index contributed by atoms with van der Waals surface area (Å²) in [6, 6.07) is 49.6. The molecule has 38 nitrogen and oxygen atoms in total. The number of halogens is 8. The van der Waals surface area contributed by atoms with Crippen molar-refractivity contribution in [2.24, 2.45) is 0 Å². The van der Waals surface area contributed by atoms with Crippen molar-refractivity contribution in [1.29, 1.82) is 0 Å². The second kappa shape index (κ2) is 65.7. The fourth-order valence-electron chi connectivity index (χ4n) is 13.4. The average Bonchev–Trinajstić information content (AvgIpc) is 1.61. The Hall–Kier alpha value is -8.83. The Morgan fingerprint density at radius 3 is 1.19 bits per heavy atom. The number of aromatic nitrogens is 18. The number of H-pyrrole nitrogens is 4. The van der Waals surface area contributed by atoms with Crippen molar-refractivity contribution < 1.29 is 98.4 Å². The Labute approximate surface area is 955 Å². The molecule has 0 radical (unpaired) electrons. The van der Waals surface area contributed by atoms with Crippen molar-refractivity contribution in [3.05, 3.63) is 258 Å². The fraction of sp³-hybridized carbons (Fsp3) is 0.327. The van der Waals surface area contributed by atoms with E-state index in [0.717, 1.165) is 203 Å². The summed E-state index contributed by atoms with van der Waals surface area (Å²) in [5, 5.41) is 36.9. The van der Waals surface area contributed by atoms with E-state index in [-0.39, 0.29) is 95.6 Å². The number of rotatable bonds is 9. The van der Waals surface area contributed by atoms with Crippen molar-refractivity contribution in [2.45, 2.75) is 109 Å². The molecular weight excluding hydrogens is 2430 g/mol. The van der Waals surface area contributed by atoms with E-state index in [1.165, 1.54) is 98.3 Å². The molecule has 0 amide bonds. The van der Waals surface area contributed by atoms with Crippen LogP contribution in [0.1, 0.15) is 89.0 Å². The summed E-state index contributed by atoms with van der Waals surface area (Å²) in [6.45, 7) is 21.2. The Balaban J connectivity index is 0.000000253. The third kappa shape index (κ3) is 40.9. The number of ether oxygens (including phenoxy) is 6. The molecule has 6 aliphatic rings. The van der Waals surface area contributed by atoms with Crippen LogP contribution in [0, 0.1) is 11.1 Å². The molecule has 796 valence electrons. The molecule has 0 unspecified atom stereocenters. The maximum Gasteiger partial charge on any atom is 1.00 e. The van der Waals surface area contributed by atoms with Gasteiger partial charge in [0.2, 0.25) is 0 Å². The molecule has 149 heavy (non-hydrogen) atoms. The Morgan fingerprint density at radius 2 is 0.779 bits per heavy atom. The summed E-state index contributed by atoms with van der Waals surface area (Å²) in [5.41, 5.74) is 18.2. The van der Waals surface area contributed by atoms with Gasteiger partial charge in [-0.3, -0.25) is 0 Å². The zero-order chi connectivity index (χ0) is 103. The normalized spacial score (nSPS) is 13.9. The van der Waals surface area contributed by atoms with Gasteiger partial charge in [-0.1, -0.05) is 176 Å². The molecule has 23 rings (SSSR count). The molecule has 0 atom stereocenters. The molecular formula is C98H121BCl5I3N23NaO15S3. The number of nitrogen functional groups attached to an aromatic ring is 2. The number of nitrogens with zero attached hydrogens (tertiary/aromatic N) is 16. The fourth-order valence-corrected chi connectivity index (χ4v) is 20.1. The van der Waals surface area contributed by atoms with E-state index in [1.54, 1.807) is 143 Å². The number of nitrogens with one attached hydrogen (secondary N) is 5. The van der Waals surface area contributed by atoms with Crippen LogP contribution in [0.3, 0.4) is 0 Å². The zero-order valence-corrected chi connectivity index (χ0v) is 93.9. The molecule has 0 spiro atoms. The van der Waals surface area contributed by atoms with Crippen molar-refractivity contribution in [3.63, 3.8) is 0 Å². The molecule has 6 fully saturated rings. The van der Waals surface area contributed by atoms with Crippen LogP contribution in [0.15, 0.2) is 241 Å². The predicted octanol–water partition coefficient (Wildman–Crippen LogP) is 14.8. The number of nitrogens with two attached hydrogens (primary N) is 2. The SMILES string of the molecule is C.C.C.C.C1CCOC1.C1CCOC1.C1CCOC1.C1COCCN1.CC(C)(C)[O-].Clc1ncnc2[nH]c(I)cc12.Clc1ncnc2[nH]ccc12.Ic1cc2c(N3CCOCC3)ncnc2[nH]1.Nc1ccc(-c2cc3c(N4CCOCC4)ncnc3[nH]2)cc1.Nc1ccc(B(O)O)cc1.O=S(=O)(Cl)c1ccccc1.O=S(=O)(c1ccccc1)n1c(I)cc2c(Cl)ncnc21.O=S(=O)(c1ccccc1)n1ccc2c(Cl)ncnc21.[Na+]. The summed E-state index contributed by atoms with van der Waals surface area (Å²) >= 11 is 29.8. The maximum absolute atomic E-state index is 12.7. The molecule has 12 aromatic heterocycles. The van der Waals surface area contributed by atoms with Crippen LogP contribution in [0.2, 0.25) is 20.6 Å². The van der Waals surface area contributed by atoms with Crippen molar-refractivity contribution in [2.75, 3.05) is 140 Å². The summed E-state index contributed by atoms with van der Waals surface area (Å²) in [5.74, 6) is 1.97. The van der Waals surface area contributed by atoms with Crippen LogP contribution < -0.4 is 66.7 Å². The van der Waals surface area contributed by atoms with E-state index in [0.29, 0.717) is 35.9 Å². The largest absolute Gasteiger partial charge is 1.00 e. The summed E-state index contributed by atoms with van der Waals surface area (Å²) in [6.07, 6.45) is 19.5. The minimum Gasteiger partial charge on any atom is -0.850 e. The topological polar surface area (TPSA) is 520 Å². The number of benzene rings is 5. The number of anilines is 4. The van der Waals surface area contributed by atoms with Crippen molar-refractivity contribution in [3.8, 4) is 11.3 Å². The Kier molecular flexibility index (Phi) is 56.8. The third-order valence-electron chi connectivity index (χ3n) is 20.3. The van der Waals surface area contributed by atoms with E-state index in [4.69, 9.17) is 107 Å². The van der Waals surface area contributed by atoms with E-state index >= 15 is 0 Å². The van der Waals surface area contributed by atoms with Crippen LogP contribution in [0.25, 0.3) is 77.5 Å². The standard InChI is InChI=1S/C16H17N5O.C12H7ClIN3O2S.C12H8ClN3O2S.C10H11IN4O.C6H8BNO2.C6H3ClIN3.C6H4ClN3.C6H5ClO2S.C4H9NO.3C4H8O.C4H9O.4CH4.Na/c17-12-3-1-11(2-4-12)14-9-13-15(20-14)18-10-19-16(13)21-5-7-22-8-6-21;13-11-9-6-10(14)17(12(9)16-7-15-11)20(18,19)8-4-2-1-3-5-8;13-11-10-6-7-16(12(10)15-8-14-11)19(17,18)9-4-2-1-3-5-9;11-8-5-7-9(14-8)12-6-13-10(7)15-1-3-16-4-2-15;8-6-3-1-5(2-4-6)7(9)10;7-5-3-1-4(8)11-6(3)10-2-9-5;7-5-4-1-2-8-6(4)10-3-9-5;7-10(8,9)6-4-2-1-3-5-6;1-3-6-4-2-5-1;3*1-2-4-5-3-1;1-4(2,3)5;;;;;/h1-4,9-10H,5-8,17H2,(H,18,19,20);1-7H;1-8H;5-6H,1-4H2,(H,12,13,14);1-4,9-10H,8H2;1-2H,(H,9,10,11);1-3H,(H,8,9,10);1-5H;5H,1-4H2;3*1-4H2;1-3H3;4*1H4;/q;;;;;;;;;;;;-1;;;;;+1. The molecule has 6 aliphatic heterocycles. The quantitative estimate of drug-likeness (QED) is 0.0213. The second-order valence-corrected chi connectivity index (χ2v) is 43.0. The number of fused-ring (bicyclic) bond motifs is 6. The van der Waals surface area contributed by atoms with Gasteiger partial charge in [-0.25, -0.2) is 93.0 Å². The summed E-state index contributed by atoms with van der Waals surface area (Å²) in [4.78, 5) is 66.3. The smallest absolute Gasteiger partial charge is 0.850 e.